The highest BCUT2D eigenvalue weighted by Gasteiger charge is 2.19. The molecule has 0 saturated carbocycles. The predicted octanol–water partition coefficient (Wildman–Crippen LogP) is 4.73. The van der Waals surface area contributed by atoms with Gasteiger partial charge in [0.25, 0.3) is 5.56 Å². The maximum Gasteiger partial charge on any atom is 0.267 e. The number of nitrogens with zero attached hydrogens (tertiary/aromatic N) is 2. The zero-order valence-corrected chi connectivity index (χ0v) is 16.3. The summed E-state index contributed by atoms with van der Waals surface area (Å²) in [6.45, 7) is 3.60. The van der Waals surface area contributed by atoms with Gasteiger partial charge in [-0.05, 0) is 38.1 Å². The second-order valence-electron chi connectivity index (χ2n) is 6.16. The van der Waals surface area contributed by atoms with Crippen LogP contribution in [0.1, 0.15) is 18.5 Å². The van der Waals surface area contributed by atoms with Crippen molar-refractivity contribution in [1.29, 1.82) is 0 Å². The van der Waals surface area contributed by atoms with Crippen molar-refractivity contribution in [3.63, 3.8) is 0 Å². The van der Waals surface area contributed by atoms with Gasteiger partial charge in [-0.25, -0.2) is 4.68 Å². The molecule has 0 saturated heterocycles. The van der Waals surface area contributed by atoms with Crippen molar-refractivity contribution in [2.24, 2.45) is 0 Å². The summed E-state index contributed by atoms with van der Waals surface area (Å²) in [4.78, 5) is 24.8. The molecule has 1 heterocycles. The van der Waals surface area contributed by atoms with Crippen molar-refractivity contribution in [2.75, 3.05) is 5.32 Å². The molecule has 0 aliphatic heterocycles. The third-order valence-corrected chi connectivity index (χ3v) is 4.66. The number of halogens is 2. The average Bonchev–Trinajstić information content (AvgIpc) is 2.64. The highest BCUT2D eigenvalue weighted by Crippen LogP contribution is 2.26. The van der Waals surface area contributed by atoms with E-state index >= 15 is 0 Å². The van der Waals surface area contributed by atoms with Crippen LogP contribution < -0.4 is 10.9 Å². The molecule has 0 fully saturated rings. The highest BCUT2D eigenvalue weighted by molar-refractivity contribution is 6.36. The van der Waals surface area contributed by atoms with E-state index in [1.807, 2.05) is 31.2 Å². The first-order chi connectivity index (χ1) is 12.8. The van der Waals surface area contributed by atoms with E-state index in [2.05, 4.69) is 10.4 Å². The maximum atomic E-state index is 12.6. The molecule has 138 valence electrons. The molecule has 0 bridgehead atoms. The molecule has 27 heavy (non-hydrogen) atoms. The zero-order chi connectivity index (χ0) is 19.6. The Morgan fingerprint density at radius 3 is 2.44 bits per heavy atom. The molecule has 0 aliphatic rings. The molecule has 0 radical (unpaired) electrons. The third-order valence-electron chi connectivity index (χ3n) is 4.11. The Morgan fingerprint density at radius 2 is 1.78 bits per heavy atom. The molecular weight excluding hydrogens is 385 g/mol. The standard InChI is InChI=1S/C20H17Cl2N3O2/c1-12-3-5-14(6-4-12)17-9-10-19(26)25(24-17)13(2)20(27)23-18-8-7-15(21)11-16(18)22/h3-11,13H,1-2H3,(H,23,27). The number of hydrogen-bond acceptors (Lipinski definition) is 3. The smallest absolute Gasteiger partial charge is 0.267 e. The van der Waals surface area contributed by atoms with E-state index in [1.165, 1.54) is 12.1 Å². The number of amides is 1. The Bertz CT molecular complexity index is 1050. The maximum absolute atomic E-state index is 12.6. The second kappa shape index (κ2) is 7.94. The molecule has 0 spiro atoms. The number of anilines is 1. The fourth-order valence-corrected chi connectivity index (χ4v) is 2.98. The van der Waals surface area contributed by atoms with Crippen molar-refractivity contribution in [3.8, 4) is 11.3 Å². The van der Waals surface area contributed by atoms with Crippen molar-refractivity contribution >= 4 is 34.8 Å². The van der Waals surface area contributed by atoms with Gasteiger partial charge in [-0.2, -0.15) is 5.10 Å². The fourth-order valence-electron chi connectivity index (χ4n) is 2.52. The zero-order valence-electron chi connectivity index (χ0n) is 14.7. The topological polar surface area (TPSA) is 64.0 Å². The molecule has 2 aromatic carbocycles. The molecule has 7 heteroatoms. The minimum absolute atomic E-state index is 0.316. The summed E-state index contributed by atoms with van der Waals surface area (Å²) in [5.74, 6) is -0.408. The van der Waals surface area contributed by atoms with Gasteiger partial charge in [0, 0.05) is 16.7 Å². The fraction of sp³-hybridized carbons (Fsp3) is 0.150. The lowest BCUT2D eigenvalue weighted by Crippen LogP contribution is -2.33. The summed E-state index contributed by atoms with van der Waals surface area (Å²) >= 11 is 12.0. The average molecular weight is 402 g/mol. The number of hydrogen-bond donors (Lipinski definition) is 1. The predicted molar refractivity (Wildman–Crippen MR) is 108 cm³/mol. The number of benzene rings is 2. The SMILES string of the molecule is Cc1ccc(-c2ccc(=O)n(C(C)C(=O)Nc3ccc(Cl)cc3Cl)n2)cc1. The van der Waals surface area contributed by atoms with Crippen LogP contribution in [-0.2, 0) is 4.79 Å². The summed E-state index contributed by atoms with van der Waals surface area (Å²) in [6, 6.07) is 14.8. The Hall–Kier alpha value is -2.63. The van der Waals surface area contributed by atoms with Gasteiger partial charge in [0.2, 0.25) is 5.91 Å². The van der Waals surface area contributed by atoms with E-state index < -0.39 is 11.9 Å². The van der Waals surface area contributed by atoms with Gasteiger partial charge >= 0.3 is 0 Å². The summed E-state index contributed by atoms with van der Waals surface area (Å²) in [5, 5.41) is 7.84. The van der Waals surface area contributed by atoms with E-state index in [0.29, 0.717) is 21.4 Å². The Labute approximate surface area is 166 Å². The summed E-state index contributed by atoms with van der Waals surface area (Å²) in [5.41, 5.74) is 2.65. The van der Waals surface area contributed by atoms with Gasteiger partial charge in [-0.3, -0.25) is 9.59 Å². The van der Waals surface area contributed by atoms with E-state index in [4.69, 9.17) is 23.2 Å². The third kappa shape index (κ3) is 4.38. The number of carbonyl (C=O) groups is 1. The number of aromatic nitrogens is 2. The van der Waals surface area contributed by atoms with E-state index in [9.17, 15) is 9.59 Å². The number of aryl methyl sites for hydroxylation is 1. The molecule has 1 aromatic heterocycles. The normalized spacial score (nSPS) is 11.9. The van der Waals surface area contributed by atoms with E-state index in [1.54, 1.807) is 25.1 Å². The van der Waals surface area contributed by atoms with Crippen LogP contribution in [0.3, 0.4) is 0 Å². The van der Waals surface area contributed by atoms with Crippen molar-refractivity contribution in [1.82, 2.24) is 9.78 Å². The largest absolute Gasteiger partial charge is 0.323 e. The van der Waals surface area contributed by atoms with Crippen LogP contribution in [0.4, 0.5) is 5.69 Å². The van der Waals surface area contributed by atoms with E-state index in [0.717, 1.165) is 15.8 Å². The van der Waals surface area contributed by atoms with Gasteiger partial charge < -0.3 is 5.32 Å². The molecule has 1 N–H and O–H groups in total. The molecule has 0 aliphatic carbocycles. The molecule has 3 aromatic rings. The lowest BCUT2D eigenvalue weighted by molar-refractivity contribution is -0.119. The first kappa shape index (κ1) is 19.1. The first-order valence-corrected chi connectivity index (χ1v) is 9.03. The van der Waals surface area contributed by atoms with Gasteiger partial charge in [0.15, 0.2) is 0 Å². The molecular formula is C20H17Cl2N3O2. The summed E-state index contributed by atoms with van der Waals surface area (Å²) in [7, 11) is 0. The Balaban J connectivity index is 1.88. The Morgan fingerprint density at radius 1 is 1.07 bits per heavy atom. The number of carbonyl (C=O) groups excluding carboxylic acids is 1. The molecule has 1 amide bonds. The van der Waals surface area contributed by atoms with Crippen LogP contribution in [0.5, 0.6) is 0 Å². The van der Waals surface area contributed by atoms with Crippen molar-refractivity contribution < 1.29 is 4.79 Å². The van der Waals surface area contributed by atoms with Crippen LogP contribution in [-0.4, -0.2) is 15.7 Å². The Kier molecular flexibility index (Phi) is 5.63. The van der Waals surface area contributed by atoms with E-state index in [-0.39, 0.29) is 5.56 Å². The monoisotopic (exact) mass is 401 g/mol. The lowest BCUT2D eigenvalue weighted by atomic mass is 10.1. The quantitative estimate of drug-likeness (QED) is 0.687. The van der Waals surface area contributed by atoms with Crippen LogP contribution in [0, 0.1) is 6.92 Å². The molecule has 5 nitrogen and oxygen atoms in total. The van der Waals surface area contributed by atoms with Crippen LogP contribution in [0.25, 0.3) is 11.3 Å². The molecule has 3 rings (SSSR count). The van der Waals surface area contributed by atoms with Gasteiger partial charge in [0.05, 0.1) is 16.4 Å². The van der Waals surface area contributed by atoms with Crippen LogP contribution >= 0.6 is 23.2 Å². The number of nitrogens with one attached hydrogen (secondary N) is 1. The molecule has 1 atom stereocenters. The number of rotatable bonds is 4. The van der Waals surface area contributed by atoms with Crippen LogP contribution in [0.15, 0.2) is 59.4 Å². The molecule has 1 unspecified atom stereocenters. The lowest BCUT2D eigenvalue weighted by Gasteiger charge is -2.15. The van der Waals surface area contributed by atoms with Crippen molar-refractivity contribution in [2.45, 2.75) is 19.9 Å². The second-order valence-corrected chi connectivity index (χ2v) is 7.00. The minimum atomic E-state index is -0.824. The summed E-state index contributed by atoms with van der Waals surface area (Å²) in [6.07, 6.45) is 0. The minimum Gasteiger partial charge on any atom is -0.323 e. The van der Waals surface area contributed by atoms with Crippen LogP contribution in [0.2, 0.25) is 10.0 Å². The van der Waals surface area contributed by atoms with Gasteiger partial charge in [0.1, 0.15) is 6.04 Å². The summed E-state index contributed by atoms with van der Waals surface area (Å²) < 4.78 is 1.16. The van der Waals surface area contributed by atoms with Gasteiger partial charge in [-0.15, -0.1) is 0 Å². The van der Waals surface area contributed by atoms with Gasteiger partial charge in [-0.1, -0.05) is 53.0 Å². The first-order valence-electron chi connectivity index (χ1n) is 8.28. The highest BCUT2D eigenvalue weighted by atomic mass is 35.5. The van der Waals surface area contributed by atoms with Crippen molar-refractivity contribution in [3.05, 3.63) is 80.6 Å².